The fourth-order valence-electron chi connectivity index (χ4n) is 3.55. The Bertz CT molecular complexity index is 766. The minimum absolute atomic E-state index is 0.698. The number of methoxy groups -OCH3 is 2. The third kappa shape index (κ3) is 5.02. The number of hydrogen-bond donors (Lipinski definition) is 1. The van der Waals surface area contributed by atoms with Crippen LogP contribution >= 0.6 is 0 Å². The predicted molar refractivity (Wildman–Crippen MR) is 109 cm³/mol. The molecular formula is C21H30N4O2. The molecule has 0 radical (unpaired) electrons. The fraction of sp³-hybridized carbons (Fsp3) is 0.524. The number of hydrogen-bond acceptors (Lipinski definition) is 6. The Labute approximate surface area is 161 Å². The van der Waals surface area contributed by atoms with Gasteiger partial charge >= 0.3 is 0 Å². The molecule has 0 aliphatic carbocycles. The summed E-state index contributed by atoms with van der Waals surface area (Å²) in [7, 11) is 3.30. The van der Waals surface area contributed by atoms with Crippen LogP contribution in [0.4, 0.5) is 11.8 Å². The predicted octanol–water partition coefficient (Wildman–Crippen LogP) is 3.69. The first-order valence-corrected chi connectivity index (χ1v) is 9.64. The molecule has 0 saturated carbocycles. The van der Waals surface area contributed by atoms with E-state index in [1.54, 1.807) is 14.2 Å². The smallest absolute Gasteiger partial charge is 0.224 e. The highest BCUT2D eigenvalue weighted by Gasteiger charge is 2.18. The summed E-state index contributed by atoms with van der Waals surface area (Å²) >= 11 is 0. The highest BCUT2D eigenvalue weighted by atomic mass is 16.5. The molecule has 1 atom stereocenters. The second kappa shape index (κ2) is 8.93. The van der Waals surface area contributed by atoms with Gasteiger partial charge in [0.25, 0.3) is 0 Å². The third-order valence-corrected chi connectivity index (χ3v) is 4.97. The lowest BCUT2D eigenvalue weighted by Crippen LogP contribution is -2.35. The summed E-state index contributed by atoms with van der Waals surface area (Å²) in [5.41, 5.74) is 2.17. The molecule has 1 saturated heterocycles. The van der Waals surface area contributed by atoms with Crippen LogP contribution in [-0.4, -0.2) is 43.8 Å². The van der Waals surface area contributed by atoms with Gasteiger partial charge in [-0.2, -0.15) is 4.98 Å². The summed E-state index contributed by atoms with van der Waals surface area (Å²) in [6.07, 6.45) is 3.39. The van der Waals surface area contributed by atoms with Crippen molar-refractivity contribution < 1.29 is 9.47 Å². The monoisotopic (exact) mass is 370 g/mol. The maximum absolute atomic E-state index is 5.37. The van der Waals surface area contributed by atoms with Crippen LogP contribution in [0, 0.1) is 12.8 Å². The Hall–Kier alpha value is -2.50. The summed E-state index contributed by atoms with van der Waals surface area (Å²) in [5, 5.41) is 3.37. The molecule has 2 heterocycles. The second-order valence-electron chi connectivity index (χ2n) is 7.25. The molecule has 1 N–H and O–H groups in total. The number of piperidine rings is 1. The van der Waals surface area contributed by atoms with Gasteiger partial charge in [-0.1, -0.05) is 13.0 Å². The molecule has 6 nitrogen and oxygen atoms in total. The molecule has 0 amide bonds. The first-order valence-electron chi connectivity index (χ1n) is 9.64. The van der Waals surface area contributed by atoms with Crippen LogP contribution in [0.2, 0.25) is 0 Å². The molecule has 1 fully saturated rings. The van der Waals surface area contributed by atoms with Crippen LogP contribution in [0.25, 0.3) is 0 Å². The van der Waals surface area contributed by atoms with Gasteiger partial charge < -0.3 is 19.7 Å². The van der Waals surface area contributed by atoms with E-state index in [4.69, 9.17) is 14.5 Å². The maximum atomic E-state index is 5.37. The number of nitrogens with one attached hydrogen (secondary N) is 1. The summed E-state index contributed by atoms with van der Waals surface area (Å²) in [6, 6.07) is 8.09. The Morgan fingerprint density at radius 1 is 1.15 bits per heavy atom. The Morgan fingerprint density at radius 3 is 2.70 bits per heavy atom. The number of rotatable bonds is 7. The van der Waals surface area contributed by atoms with Crippen molar-refractivity contribution in [1.29, 1.82) is 0 Å². The number of anilines is 2. The minimum atomic E-state index is 0.698. The van der Waals surface area contributed by atoms with Gasteiger partial charge in [0.15, 0.2) is 11.5 Å². The largest absolute Gasteiger partial charge is 0.493 e. The lowest BCUT2D eigenvalue weighted by Gasteiger charge is -2.32. The Balaban J connectivity index is 1.62. The summed E-state index contributed by atoms with van der Waals surface area (Å²) in [6.45, 7) is 7.24. The molecule has 1 unspecified atom stereocenters. The summed E-state index contributed by atoms with van der Waals surface area (Å²) in [4.78, 5) is 11.7. The van der Waals surface area contributed by atoms with Crippen molar-refractivity contribution >= 4 is 11.8 Å². The molecule has 1 aliphatic heterocycles. The highest BCUT2D eigenvalue weighted by Crippen LogP contribution is 2.27. The van der Waals surface area contributed by atoms with Gasteiger partial charge in [-0.25, -0.2) is 4.98 Å². The average molecular weight is 370 g/mol. The molecule has 1 aliphatic rings. The number of aromatic nitrogens is 2. The van der Waals surface area contributed by atoms with Crippen LogP contribution in [0.3, 0.4) is 0 Å². The number of nitrogens with zero attached hydrogens (tertiary/aromatic N) is 3. The van der Waals surface area contributed by atoms with Crippen LogP contribution in [0.1, 0.15) is 31.0 Å². The molecule has 146 valence electrons. The van der Waals surface area contributed by atoms with Crippen molar-refractivity contribution in [1.82, 2.24) is 9.97 Å². The molecule has 3 rings (SSSR count). The van der Waals surface area contributed by atoms with E-state index in [1.807, 2.05) is 19.1 Å². The molecule has 1 aromatic carbocycles. The standard InChI is InChI=1S/C21H30N4O2/c1-15-6-5-11-25(14-15)20-12-16(2)23-21(24-20)22-10-9-17-7-8-18(26-3)19(13-17)27-4/h7-8,12-13,15H,5-6,9-11,14H2,1-4H3,(H,22,23,24). The number of aryl methyl sites for hydroxylation is 1. The van der Waals surface area contributed by atoms with Crippen molar-refractivity contribution in [3.8, 4) is 11.5 Å². The Kier molecular flexibility index (Phi) is 6.37. The van der Waals surface area contributed by atoms with Crippen molar-refractivity contribution in [3.63, 3.8) is 0 Å². The van der Waals surface area contributed by atoms with Gasteiger partial charge in [0.05, 0.1) is 14.2 Å². The van der Waals surface area contributed by atoms with E-state index in [2.05, 4.69) is 34.3 Å². The molecule has 1 aromatic heterocycles. The van der Waals surface area contributed by atoms with Gasteiger partial charge in [0.1, 0.15) is 5.82 Å². The first kappa shape index (κ1) is 19.3. The lowest BCUT2D eigenvalue weighted by molar-refractivity contribution is 0.354. The van der Waals surface area contributed by atoms with Crippen molar-refractivity contribution in [2.24, 2.45) is 5.92 Å². The average Bonchev–Trinajstić information content (AvgIpc) is 2.67. The van der Waals surface area contributed by atoms with E-state index < -0.39 is 0 Å². The van der Waals surface area contributed by atoms with E-state index in [0.717, 1.165) is 55.0 Å². The molecular weight excluding hydrogens is 340 g/mol. The van der Waals surface area contributed by atoms with Gasteiger partial charge in [-0.15, -0.1) is 0 Å². The minimum Gasteiger partial charge on any atom is -0.493 e. The summed E-state index contributed by atoms with van der Waals surface area (Å²) < 4.78 is 10.7. The second-order valence-corrected chi connectivity index (χ2v) is 7.25. The van der Waals surface area contributed by atoms with Crippen molar-refractivity contribution in [2.45, 2.75) is 33.1 Å². The van der Waals surface area contributed by atoms with E-state index >= 15 is 0 Å². The molecule has 6 heteroatoms. The zero-order chi connectivity index (χ0) is 19.2. The maximum Gasteiger partial charge on any atom is 0.224 e. The molecule has 0 bridgehead atoms. The number of ether oxygens (including phenoxy) is 2. The van der Waals surface area contributed by atoms with E-state index in [-0.39, 0.29) is 0 Å². The van der Waals surface area contributed by atoms with Gasteiger partial charge in [-0.05, 0) is 49.8 Å². The zero-order valence-electron chi connectivity index (χ0n) is 16.8. The van der Waals surface area contributed by atoms with Crippen LogP contribution in [0.15, 0.2) is 24.3 Å². The Morgan fingerprint density at radius 2 is 1.96 bits per heavy atom. The van der Waals surface area contributed by atoms with Crippen molar-refractivity contribution in [2.75, 3.05) is 44.1 Å². The molecule has 2 aromatic rings. The lowest BCUT2D eigenvalue weighted by atomic mass is 10.0. The third-order valence-electron chi connectivity index (χ3n) is 4.97. The number of benzene rings is 1. The van der Waals surface area contributed by atoms with Crippen LogP contribution in [0.5, 0.6) is 11.5 Å². The van der Waals surface area contributed by atoms with Crippen LogP contribution in [-0.2, 0) is 6.42 Å². The topological polar surface area (TPSA) is 59.5 Å². The quantitative estimate of drug-likeness (QED) is 0.802. The zero-order valence-corrected chi connectivity index (χ0v) is 16.8. The molecule has 27 heavy (non-hydrogen) atoms. The first-order chi connectivity index (χ1) is 13.1. The molecule has 0 spiro atoms. The van der Waals surface area contributed by atoms with Gasteiger partial charge in [0, 0.05) is 31.4 Å². The fourth-order valence-corrected chi connectivity index (χ4v) is 3.55. The van der Waals surface area contributed by atoms with E-state index in [1.165, 1.54) is 18.4 Å². The van der Waals surface area contributed by atoms with Crippen LogP contribution < -0.4 is 19.7 Å². The highest BCUT2D eigenvalue weighted by molar-refractivity contribution is 5.46. The van der Waals surface area contributed by atoms with Crippen molar-refractivity contribution in [3.05, 3.63) is 35.5 Å². The normalized spacial score (nSPS) is 16.9. The van der Waals surface area contributed by atoms with E-state index in [9.17, 15) is 0 Å². The van der Waals surface area contributed by atoms with Gasteiger partial charge in [-0.3, -0.25) is 0 Å². The summed E-state index contributed by atoms with van der Waals surface area (Å²) in [5.74, 6) is 3.95. The van der Waals surface area contributed by atoms with E-state index in [0.29, 0.717) is 5.95 Å². The SMILES string of the molecule is COc1ccc(CCNc2nc(C)cc(N3CCCC(C)C3)n2)cc1OC. The van der Waals surface area contributed by atoms with Gasteiger partial charge in [0.2, 0.25) is 5.95 Å².